The SMILES string of the molecule is CCc1ccccc1Nc1cccnc1N. The van der Waals surface area contributed by atoms with Gasteiger partial charge in [-0.3, -0.25) is 0 Å². The number of nitrogens with one attached hydrogen (secondary N) is 1. The number of benzene rings is 1. The van der Waals surface area contributed by atoms with Crippen molar-refractivity contribution in [1.29, 1.82) is 0 Å². The summed E-state index contributed by atoms with van der Waals surface area (Å²) in [5, 5.41) is 3.30. The number of pyridine rings is 1. The van der Waals surface area contributed by atoms with Crippen LogP contribution in [0, 0.1) is 0 Å². The molecule has 3 nitrogen and oxygen atoms in total. The van der Waals surface area contributed by atoms with Crippen LogP contribution in [-0.4, -0.2) is 4.98 Å². The van der Waals surface area contributed by atoms with Crippen molar-refractivity contribution in [3.8, 4) is 0 Å². The van der Waals surface area contributed by atoms with Crippen LogP contribution < -0.4 is 11.1 Å². The Kier molecular flexibility index (Phi) is 3.05. The first kappa shape index (κ1) is 10.5. The average Bonchev–Trinajstić information content (AvgIpc) is 2.33. The highest BCUT2D eigenvalue weighted by atomic mass is 15.0. The van der Waals surface area contributed by atoms with Crippen LogP contribution in [0.4, 0.5) is 17.2 Å². The van der Waals surface area contributed by atoms with E-state index in [-0.39, 0.29) is 0 Å². The van der Waals surface area contributed by atoms with E-state index in [4.69, 9.17) is 5.73 Å². The predicted molar refractivity (Wildman–Crippen MR) is 67.8 cm³/mol. The maximum absolute atomic E-state index is 5.79. The van der Waals surface area contributed by atoms with Crippen LogP contribution in [0.1, 0.15) is 12.5 Å². The quantitative estimate of drug-likeness (QED) is 0.824. The zero-order valence-electron chi connectivity index (χ0n) is 9.27. The van der Waals surface area contributed by atoms with E-state index in [1.807, 2.05) is 30.3 Å². The summed E-state index contributed by atoms with van der Waals surface area (Å²) in [6.07, 6.45) is 2.68. The molecule has 2 rings (SSSR count). The molecule has 0 aliphatic heterocycles. The molecule has 1 aromatic heterocycles. The Bertz CT molecular complexity index is 480. The van der Waals surface area contributed by atoms with Gasteiger partial charge >= 0.3 is 0 Å². The molecule has 0 saturated carbocycles. The molecule has 1 aromatic carbocycles. The van der Waals surface area contributed by atoms with Crippen molar-refractivity contribution in [3.63, 3.8) is 0 Å². The number of nitrogens with two attached hydrogens (primary N) is 1. The second-order valence-corrected chi connectivity index (χ2v) is 3.57. The molecule has 3 N–H and O–H groups in total. The van der Waals surface area contributed by atoms with Crippen LogP contribution in [0.25, 0.3) is 0 Å². The van der Waals surface area contributed by atoms with E-state index in [9.17, 15) is 0 Å². The van der Waals surface area contributed by atoms with E-state index < -0.39 is 0 Å². The van der Waals surface area contributed by atoms with Gasteiger partial charge in [0.05, 0.1) is 5.69 Å². The summed E-state index contributed by atoms with van der Waals surface area (Å²) < 4.78 is 0. The van der Waals surface area contributed by atoms with Gasteiger partial charge in [-0.2, -0.15) is 0 Å². The summed E-state index contributed by atoms with van der Waals surface area (Å²) in [5.41, 5.74) is 8.99. The fraction of sp³-hybridized carbons (Fsp3) is 0.154. The third kappa shape index (κ3) is 2.14. The molecule has 0 aliphatic carbocycles. The third-order valence-electron chi connectivity index (χ3n) is 2.51. The molecule has 3 heteroatoms. The van der Waals surface area contributed by atoms with E-state index in [1.54, 1.807) is 6.20 Å². The van der Waals surface area contributed by atoms with Crippen molar-refractivity contribution in [2.75, 3.05) is 11.1 Å². The van der Waals surface area contributed by atoms with Gasteiger partial charge in [-0.15, -0.1) is 0 Å². The summed E-state index contributed by atoms with van der Waals surface area (Å²) in [6, 6.07) is 12.0. The molecule has 0 fully saturated rings. The zero-order valence-corrected chi connectivity index (χ0v) is 9.27. The van der Waals surface area contributed by atoms with Gasteiger partial charge in [0, 0.05) is 11.9 Å². The molecule has 2 aromatic rings. The van der Waals surface area contributed by atoms with Crippen LogP contribution in [0.2, 0.25) is 0 Å². The Morgan fingerprint density at radius 1 is 1.12 bits per heavy atom. The minimum atomic E-state index is 0.522. The molecule has 0 spiro atoms. The number of aryl methyl sites for hydroxylation is 1. The lowest BCUT2D eigenvalue weighted by Gasteiger charge is -2.11. The van der Waals surface area contributed by atoms with E-state index in [1.165, 1.54) is 5.56 Å². The summed E-state index contributed by atoms with van der Waals surface area (Å²) in [6.45, 7) is 2.13. The van der Waals surface area contributed by atoms with Crippen LogP contribution in [-0.2, 0) is 6.42 Å². The molecule has 0 bridgehead atoms. The zero-order chi connectivity index (χ0) is 11.4. The summed E-state index contributed by atoms with van der Waals surface area (Å²) >= 11 is 0. The normalized spacial score (nSPS) is 10.1. The Labute approximate surface area is 95.3 Å². The number of aromatic nitrogens is 1. The monoisotopic (exact) mass is 213 g/mol. The maximum atomic E-state index is 5.79. The third-order valence-corrected chi connectivity index (χ3v) is 2.51. The minimum absolute atomic E-state index is 0.522. The highest BCUT2D eigenvalue weighted by molar-refractivity contribution is 5.71. The van der Waals surface area contributed by atoms with E-state index in [0.29, 0.717) is 5.82 Å². The topological polar surface area (TPSA) is 50.9 Å². The smallest absolute Gasteiger partial charge is 0.147 e. The van der Waals surface area contributed by atoms with Crippen LogP contribution in [0.15, 0.2) is 42.6 Å². The first-order chi connectivity index (χ1) is 7.81. The molecule has 16 heavy (non-hydrogen) atoms. The molecule has 0 aliphatic rings. The lowest BCUT2D eigenvalue weighted by Crippen LogP contribution is -2.00. The largest absolute Gasteiger partial charge is 0.382 e. The number of hydrogen-bond acceptors (Lipinski definition) is 3. The van der Waals surface area contributed by atoms with Crippen molar-refractivity contribution >= 4 is 17.2 Å². The first-order valence-electron chi connectivity index (χ1n) is 5.36. The molecule has 0 radical (unpaired) electrons. The molecule has 0 saturated heterocycles. The standard InChI is InChI=1S/C13H15N3/c1-2-10-6-3-4-7-11(10)16-12-8-5-9-15-13(12)14/h3-9,16H,2H2,1H3,(H2,14,15). The minimum Gasteiger partial charge on any atom is -0.382 e. The lowest BCUT2D eigenvalue weighted by molar-refractivity contribution is 1.14. The van der Waals surface area contributed by atoms with Gasteiger partial charge in [0.25, 0.3) is 0 Å². The fourth-order valence-electron chi connectivity index (χ4n) is 1.62. The van der Waals surface area contributed by atoms with Gasteiger partial charge in [-0.1, -0.05) is 25.1 Å². The molecule has 0 amide bonds. The van der Waals surface area contributed by atoms with E-state index >= 15 is 0 Å². The summed E-state index contributed by atoms with van der Waals surface area (Å²) in [4.78, 5) is 4.05. The molecule has 82 valence electrons. The molecule has 0 atom stereocenters. The summed E-state index contributed by atoms with van der Waals surface area (Å²) in [7, 11) is 0. The first-order valence-corrected chi connectivity index (χ1v) is 5.36. The van der Waals surface area contributed by atoms with Gasteiger partial charge in [-0.05, 0) is 30.2 Å². The fourth-order valence-corrected chi connectivity index (χ4v) is 1.62. The van der Waals surface area contributed by atoms with Gasteiger partial charge in [0.15, 0.2) is 0 Å². The van der Waals surface area contributed by atoms with Gasteiger partial charge in [0.1, 0.15) is 5.82 Å². The van der Waals surface area contributed by atoms with Gasteiger partial charge in [0.2, 0.25) is 0 Å². The Balaban J connectivity index is 2.30. The number of anilines is 3. The number of hydrogen-bond donors (Lipinski definition) is 2. The molecular formula is C13H15N3. The maximum Gasteiger partial charge on any atom is 0.147 e. The van der Waals surface area contributed by atoms with Crippen molar-refractivity contribution in [2.45, 2.75) is 13.3 Å². The Morgan fingerprint density at radius 2 is 1.88 bits per heavy atom. The highest BCUT2D eigenvalue weighted by Gasteiger charge is 2.02. The molecule has 1 heterocycles. The lowest BCUT2D eigenvalue weighted by atomic mass is 10.1. The van der Waals surface area contributed by atoms with Crippen LogP contribution in [0.3, 0.4) is 0 Å². The Hall–Kier alpha value is -2.03. The van der Waals surface area contributed by atoms with E-state index in [0.717, 1.165) is 17.8 Å². The number of para-hydroxylation sites is 1. The molecular weight excluding hydrogens is 198 g/mol. The summed E-state index contributed by atoms with van der Waals surface area (Å²) in [5.74, 6) is 0.522. The van der Waals surface area contributed by atoms with E-state index in [2.05, 4.69) is 23.3 Å². The van der Waals surface area contributed by atoms with Crippen LogP contribution >= 0.6 is 0 Å². The van der Waals surface area contributed by atoms with Gasteiger partial charge < -0.3 is 11.1 Å². The highest BCUT2D eigenvalue weighted by Crippen LogP contribution is 2.23. The Morgan fingerprint density at radius 3 is 2.62 bits per heavy atom. The second kappa shape index (κ2) is 4.66. The predicted octanol–water partition coefficient (Wildman–Crippen LogP) is 2.97. The number of nitrogens with zero attached hydrogens (tertiary/aromatic N) is 1. The van der Waals surface area contributed by atoms with Gasteiger partial charge in [-0.25, -0.2) is 4.98 Å². The van der Waals surface area contributed by atoms with Crippen molar-refractivity contribution in [1.82, 2.24) is 4.98 Å². The number of rotatable bonds is 3. The van der Waals surface area contributed by atoms with Crippen molar-refractivity contribution in [2.24, 2.45) is 0 Å². The average molecular weight is 213 g/mol. The second-order valence-electron chi connectivity index (χ2n) is 3.57. The van der Waals surface area contributed by atoms with Crippen molar-refractivity contribution < 1.29 is 0 Å². The number of nitrogen functional groups attached to an aromatic ring is 1. The molecule has 0 unspecified atom stereocenters. The van der Waals surface area contributed by atoms with Crippen molar-refractivity contribution in [3.05, 3.63) is 48.2 Å². The van der Waals surface area contributed by atoms with Crippen LogP contribution in [0.5, 0.6) is 0 Å².